The molecule has 0 spiro atoms. The van der Waals surface area contributed by atoms with E-state index < -0.39 is 0 Å². The van der Waals surface area contributed by atoms with E-state index in [0.29, 0.717) is 47.6 Å². The second-order valence-electron chi connectivity index (χ2n) is 7.67. The summed E-state index contributed by atoms with van der Waals surface area (Å²) in [6.07, 6.45) is 3.58. The van der Waals surface area contributed by atoms with Crippen molar-refractivity contribution in [3.8, 4) is 34.5 Å². The fourth-order valence-electron chi connectivity index (χ4n) is 3.61. The molecule has 0 saturated carbocycles. The summed E-state index contributed by atoms with van der Waals surface area (Å²) in [6.45, 7) is 1.09. The van der Waals surface area contributed by atoms with Crippen molar-refractivity contribution in [3.05, 3.63) is 70.8 Å². The molecule has 0 aliphatic heterocycles. The first-order chi connectivity index (χ1) is 17.6. The van der Waals surface area contributed by atoms with Gasteiger partial charge < -0.3 is 28.4 Å². The molecule has 0 heterocycles. The Morgan fingerprint density at radius 2 is 0.806 bits per heavy atom. The van der Waals surface area contributed by atoms with Crippen LogP contribution < -0.4 is 28.4 Å². The Morgan fingerprint density at radius 1 is 0.500 bits per heavy atom. The fraction of sp³-hybridized carbons (Fsp3) is 0.286. The van der Waals surface area contributed by atoms with Gasteiger partial charge in [-0.25, -0.2) is 0 Å². The summed E-state index contributed by atoms with van der Waals surface area (Å²) in [4.78, 5) is 9.11. The minimum Gasteiger partial charge on any atom is -0.493 e. The molecular formula is C28H32N2O6. The Hall–Kier alpha value is -4.20. The normalized spacial score (nSPS) is 11.1. The molecule has 8 heteroatoms. The minimum atomic E-state index is 0.547. The van der Waals surface area contributed by atoms with Crippen LogP contribution in [0.25, 0.3) is 0 Å². The zero-order valence-electron chi connectivity index (χ0n) is 21.5. The molecule has 0 amide bonds. The topological polar surface area (TPSA) is 80.1 Å². The molecule has 0 N–H and O–H groups in total. The van der Waals surface area contributed by atoms with Crippen LogP contribution in [0, 0.1) is 0 Å². The van der Waals surface area contributed by atoms with E-state index in [4.69, 9.17) is 28.4 Å². The largest absolute Gasteiger partial charge is 0.493 e. The lowest BCUT2D eigenvalue weighted by Gasteiger charge is -2.12. The second-order valence-corrected chi connectivity index (χ2v) is 7.67. The predicted octanol–water partition coefficient (Wildman–Crippen LogP) is 4.98. The maximum atomic E-state index is 5.39. The summed E-state index contributed by atoms with van der Waals surface area (Å²) in [5.74, 6) is 3.48. The van der Waals surface area contributed by atoms with Gasteiger partial charge in [0, 0.05) is 12.4 Å². The van der Waals surface area contributed by atoms with E-state index in [1.54, 1.807) is 55.1 Å². The lowest BCUT2D eigenvalue weighted by molar-refractivity contribution is 0.324. The summed E-state index contributed by atoms with van der Waals surface area (Å²) >= 11 is 0. The number of methoxy groups -OCH3 is 6. The summed E-state index contributed by atoms with van der Waals surface area (Å²) in [7, 11) is 9.53. The van der Waals surface area contributed by atoms with Crippen LogP contribution in [0.15, 0.2) is 58.5 Å². The van der Waals surface area contributed by atoms with Crippen LogP contribution in [0.1, 0.15) is 22.3 Å². The molecule has 0 atom stereocenters. The Balaban J connectivity index is 1.62. The highest BCUT2D eigenvalue weighted by molar-refractivity contribution is 5.83. The SMILES string of the molecule is COc1cc(C=NCc2ccc(CN=Cc3cc(OC)c(OC)c(OC)c3)cc2)cc(OC)c1OC. The maximum absolute atomic E-state index is 5.39. The van der Waals surface area contributed by atoms with Gasteiger partial charge in [-0.05, 0) is 46.5 Å². The van der Waals surface area contributed by atoms with Gasteiger partial charge in [-0.15, -0.1) is 0 Å². The van der Waals surface area contributed by atoms with E-state index in [1.807, 2.05) is 24.3 Å². The predicted molar refractivity (Wildman–Crippen MR) is 141 cm³/mol. The van der Waals surface area contributed by atoms with E-state index in [1.165, 1.54) is 0 Å². The van der Waals surface area contributed by atoms with Gasteiger partial charge in [0.25, 0.3) is 0 Å². The molecule has 0 unspecified atom stereocenters. The third kappa shape index (κ3) is 6.47. The number of aliphatic imine (C=N–C) groups is 2. The Kier molecular flexibility index (Phi) is 9.56. The molecule has 0 saturated heterocycles. The van der Waals surface area contributed by atoms with Gasteiger partial charge in [0.2, 0.25) is 11.5 Å². The lowest BCUT2D eigenvalue weighted by atomic mass is 10.1. The number of hydrogen-bond acceptors (Lipinski definition) is 8. The van der Waals surface area contributed by atoms with Crippen LogP contribution in [0.2, 0.25) is 0 Å². The molecule has 0 radical (unpaired) electrons. The molecular weight excluding hydrogens is 460 g/mol. The Morgan fingerprint density at radius 3 is 1.06 bits per heavy atom. The van der Waals surface area contributed by atoms with Gasteiger partial charge in [-0.2, -0.15) is 0 Å². The molecule has 3 rings (SSSR count). The first kappa shape index (κ1) is 26.4. The third-order valence-electron chi connectivity index (χ3n) is 5.43. The minimum absolute atomic E-state index is 0.547. The van der Waals surface area contributed by atoms with Crippen molar-refractivity contribution >= 4 is 12.4 Å². The van der Waals surface area contributed by atoms with E-state index >= 15 is 0 Å². The summed E-state index contributed by atoms with van der Waals surface area (Å²) in [5.41, 5.74) is 3.91. The third-order valence-corrected chi connectivity index (χ3v) is 5.43. The molecule has 0 aromatic heterocycles. The Bertz CT molecular complexity index is 1060. The lowest BCUT2D eigenvalue weighted by Crippen LogP contribution is -1.97. The summed E-state index contributed by atoms with van der Waals surface area (Å²) in [5, 5.41) is 0. The molecule has 8 nitrogen and oxygen atoms in total. The standard InChI is InChI=1S/C28H32N2O6/c1-31-23-11-21(12-24(32-2)27(23)35-5)17-29-15-19-7-9-20(10-8-19)16-30-18-22-13-25(33-3)28(36-6)26(14-22)34-4/h7-14,17-18H,15-16H2,1-6H3. The fourth-order valence-corrected chi connectivity index (χ4v) is 3.61. The molecule has 3 aromatic rings. The number of hydrogen-bond donors (Lipinski definition) is 0. The highest BCUT2D eigenvalue weighted by Crippen LogP contribution is 2.38. The molecule has 190 valence electrons. The molecule has 0 aliphatic rings. The molecule has 0 bridgehead atoms. The van der Waals surface area contributed by atoms with Crippen molar-refractivity contribution < 1.29 is 28.4 Å². The Labute approximate surface area is 212 Å². The van der Waals surface area contributed by atoms with Crippen LogP contribution >= 0.6 is 0 Å². The number of benzene rings is 3. The van der Waals surface area contributed by atoms with E-state index in [2.05, 4.69) is 34.3 Å². The van der Waals surface area contributed by atoms with Crippen LogP contribution in [0.3, 0.4) is 0 Å². The van der Waals surface area contributed by atoms with Crippen molar-refractivity contribution in [2.75, 3.05) is 42.7 Å². The van der Waals surface area contributed by atoms with Gasteiger partial charge in [0.1, 0.15) is 0 Å². The van der Waals surface area contributed by atoms with Crippen molar-refractivity contribution in [1.82, 2.24) is 0 Å². The highest BCUT2D eigenvalue weighted by atomic mass is 16.5. The smallest absolute Gasteiger partial charge is 0.203 e. The van der Waals surface area contributed by atoms with Gasteiger partial charge in [0.15, 0.2) is 23.0 Å². The van der Waals surface area contributed by atoms with Crippen LogP contribution in [-0.2, 0) is 13.1 Å². The van der Waals surface area contributed by atoms with Gasteiger partial charge in [-0.1, -0.05) is 24.3 Å². The number of rotatable bonds is 12. The van der Waals surface area contributed by atoms with E-state index in [0.717, 1.165) is 22.3 Å². The van der Waals surface area contributed by atoms with Crippen LogP contribution in [-0.4, -0.2) is 55.1 Å². The number of nitrogens with zero attached hydrogens (tertiary/aromatic N) is 2. The van der Waals surface area contributed by atoms with Gasteiger partial charge >= 0.3 is 0 Å². The van der Waals surface area contributed by atoms with Crippen molar-refractivity contribution in [1.29, 1.82) is 0 Å². The van der Waals surface area contributed by atoms with Crippen molar-refractivity contribution in [2.24, 2.45) is 9.98 Å². The molecule has 0 fully saturated rings. The molecule has 36 heavy (non-hydrogen) atoms. The maximum Gasteiger partial charge on any atom is 0.203 e. The summed E-state index contributed by atoms with van der Waals surface area (Å²) < 4.78 is 32.3. The zero-order chi connectivity index (χ0) is 25.9. The first-order valence-corrected chi connectivity index (χ1v) is 11.2. The second kappa shape index (κ2) is 13.0. The molecule has 0 aliphatic carbocycles. The zero-order valence-corrected chi connectivity index (χ0v) is 21.5. The summed E-state index contributed by atoms with van der Waals surface area (Å²) in [6, 6.07) is 15.7. The van der Waals surface area contributed by atoms with E-state index in [-0.39, 0.29) is 0 Å². The number of ether oxygens (including phenoxy) is 6. The van der Waals surface area contributed by atoms with Gasteiger partial charge in [-0.3, -0.25) is 9.98 Å². The van der Waals surface area contributed by atoms with Gasteiger partial charge in [0.05, 0.1) is 55.7 Å². The van der Waals surface area contributed by atoms with Crippen molar-refractivity contribution in [2.45, 2.75) is 13.1 Å². The average Bonchev–Trinajstić information content (AvgIpc) is 2.92. The monoisotopic (exact) mass is 492 g/mol. The quantitative estimate of drug-likeness (QED) is 0.332. The van der Waals surface area contributed by atoms with Crippen LogP contribution in [0.4, 0.5) is 0 Å². The molecule has 3 aromatic carbocycles. The first-order valence-electron chi connectivity index (χ1n) is 11.2. The van der Waals surface area contributed by atoms with E-state index in [9.17, 15) is 0 Å². The van der Waals surface area contributed by atoms with Crippen molar-refractivity contribution in [3.63, 3.8) is 0 Å². The average molecular weight is 493 g/mol. The highest BCUT2D eigenvalue weighted by Gasteiger charge is 2.13. The van der Waals surface area contributed by atoms with Crippen LogP contribution in [0.5, 0.6) is 34.5 Å².